The van der Waals surface area contributed by atoms with Crippen molar-refractivity contribution < 1.29 is 28.9 Å². The molecule has 1 aromatic rings. The Kier molecular flexibility index (Phi) is 4.75. The molecule has 1 aliphatic heterocycles. The zero-order valence-corrected chi connectivity index (χ0v) is 12.7. The van der Waals surface area contributed by atoms with E-state index in [1.807, 2.05) is 0 Å². The largest absolute Gasteiger partial charge is 0.493 e. The van der Waals surface area contributed by atoms with Crippen molar-refractivity contribution in [1.29, 1.82) is 0 Å². The van der Waals surface area contributed by atoms with Crippen LogP contribution in [0, 0.1) is 5.92 Å². The number of carboxylic acids is 1. The molecule has 0 aliphatic carbocycles. The smallest absolute Gasteiger partial charge is 0.326 e. The molecular weight excluding hydrogens is 290 g/mol. The maximum Gasteiger partial charge on any atom is 0.326 e. The van der Waals surface area contributed by atoms with E-state index in [1.165, 1.54) is 19.2 Å². The molecule has 1 aliphatic rings. The van der Waals surface area contributed by atoms with E-state index < -0.39 is 17.9 Å². The van der Waals surface area contributed by atoms with Gasteiger partial charge in [-0.3, -0.25) is 4.79 Å². The summed E-state index contributed by atoms with van der Waals surface area (Å²) in [6.07, 6.45) is 0. The van der Waals surface area contributed by atoms with Crippen molar-refractivity contribution in [3.8, 4) is 17.2 Å². The van der Waals surface area contributed by atoms with Gasteiger partial charge in [0.25, 0.3) is 5.91 Å². The molecule has 7 nitrogen and oxygen atoms in total. The minimum Gasteiger partial charge on any atom is -0.493 e. The molecule has 1 heterocycles. The average Bonchev–Trinajstić information content (AvgIpc) is 2.50. The Morgan fingerprint density at radius 2 is 1.95 bits per heavy atom. The van der Waals surface area contributed by atoms with E-state index in [0.717, 1.165) is 0 Å². The molecule has 1 amide bonds. The summed E-state index contributed by atoms with van der Waals surface area (Å²) < 4.78 is 16.1. The summed E-state index contributed by atoms with van der Waals surface area (Å²) in [5, 5.41) is 11.6. The number of carboxylic acid groups (broad SMARTS) is 1. The van der Waals surface area contributed by atoms with Crippen LogP contribution in [0.4, 0.5) is 0 Å². The second-order valence-corrected chi connectivity index (χ2v) is 5.24. The molecule has 120 valence electrons. The number of fused-ring (bicyclic) bond motifs is 1. The van der Waals surface area contributed by atoms with E-state index in [2.05, 4.69) is 5.32 Å². The Labute approximate surface area is 128 Å². The highest BCUT2D eigenvalue weighted by molar-refractivity contribution is 5.97. The van der Waals surface area contributed by atoms with Gasteiger partial charge in [-0.1, -0.05) is 13.8 Å². The third kappa shape index (κ3) is 3.24. The van der Waals surface area contributed by atoms with Crippen LogP contribution in [0.3, 0.4) is 0 Å². The Bertz CT molecular complexity index is 566. The lowest BCUT2D eigenvalue weighted by molar-refractivity contribution is -0.140. The molecule has 0 saturated carbocycles. The van der Waals surface area contributed by atoms with Gasteiger partial charge in [0.15, 0.2) is 11.5 Å². The van der Waals surface area contributed by atoms with Gasteiger partial charge in [-0.25, -0.2) is 4.79 Å². The number of hydrogen-bond acceptors (Lipinski definition) is 5. The molecule has 0 unspecified atom stereocenters. The van der Waals surface area contributed by atoms with E-state index in [0.29, 0.717) is 30.5 Å². The molecular formula is C15H19NO6. The van der Waals surface area contributed by atoms with E-state index in [-0.39, 0.29) is 11.5 Å². The SMILES string of the molecule is COc1cc(C(=O)N[C@@H](C(=O)O)C(C)C)cc2c1OCCO2. The first-order valence-electron chi connectivity index (χ1n) is 6.95. The minimum absolute atomic E-state index is 0.236. The molecule has 22 heavy (non-hydrogen) atoms. The monoisotopic (exact) mass is 309 g/mol. The standard InChI is InChI=1S/C15H19NO6/c1-8(2)12(15(18)19)16-14(17)9-6-10(20-3)13-11(7-9)21-4-5-22-13/h6-8,12H,4-5H2,1-3H3,(H,16,17)(H,18,19)/t12-/m1/s1. The topological polar surface area (TPSA) is 94.1 Å². The Morgan fingerprint density at radius 1 is 1.27 bits per heavy atom. The summed E-state index contributed by atoms with van der Waals surface area (Å²) in [5.41, 5.74) is 0.257. The number of methoxy groups -OCH3 is 1. The van der Waals surface area contributed by atoms with Crippen LogP contribution < -0.4 is 19.5 Å². The highest BCUT2D eigenvalue weighted by atomic mass is 16.6. The van der Waals surface area contributed by atoms with Gasteiger partial charge in [0.1, 0.15) is 19.3 Å². The van der Waals surface area contributed by atoms with Crippen molar-refractivity contribution in [2.75, 3.05) is 20.3 Å². The number of carbonyl (C=O) groups is 2. The average molecular weight is 309 g/mol. The van der Waals surface area contributed by atoms with Crippen LogP contribution in [0.1, 0.15) is 24.2 Å². The lowest BCUT2D eigenvalue weighted by Gasteiger charge is -2.22. The van der Waals surface area contributed by atoms with Crippen LogP contribution in [0.15, 0.2) is 12.1 Å². The molecule has 1 atom stereocenters. The second-order valence-electron chi connectivity index (χ2n) is 5.24. The maximum absolute atomic E-state index is 12.3. The predicted molar refractivity (Wildman–Crippen MR) is 77.7 cm³/mol. The van der Waals surface area contributed by atoms with Gasteiger partial charge < -0.3 is 24.6 Å². The van der Waals surface area contributed by atoms with E-state index >= 15 is 0 Å². The number of carbonyl (C=O) groups excluding carboxylic acids is 1. The van der Waals surface area contributed by atoms with Crippen LogP contribution in [-0.2, 0) is 4.79 Å². The van der Waals surface area contributed by atoms with Crippen molar-refractivity contribution in [2.45, 2.75) is 19.9 Å². The van der Waals surface area contributed by atoms with E-state index in [4.69, 9.17) is 19.3 Å². The number of nitrogens with one attached hydrogen (secondary N) is 1. The summed E-state index contributed by atoms with van der Waals surface area (Å²) in [5.74, 6) is -0.584. The summed E-state index contributed by atoms with van der Waals surface area (Å²) in [6.45, 7) is 4.24. The van der Waals surface area contributed by atoms with Crippen LogP contribution in [0.2, 0.25) is 0 Å². The van der Waals surface area contributed by atoms with Crippen LogP contribution >= 0.6 is 0 Å². The number of hydrogen-bond donors (Lipinski definition) is 2. The van der Waals surface area contributed by atoms with Gasteiger partial charge in [-0.05, 0) is 18.1 Å². The van der Waals surface area contributed by atoms with Crippen molar-refractivity contribution in [3.05, 3.63) is 17.7 Å². The fourth-order valence-electron chi connectivity index (χ4n) is 2.14. The van der Waals surface area contributed by atoms with Gasteiger partial charge >= 0.3 is 5.97 Å². The number of rotatable bonds is 5. The number of ether oxygens (including phenoxy) is 3. The predicted octanol–water partition coefficient (Wildman–Crippen LogP) is 1.31. The number of aliphatic carboxylic acids is 1. The van der Waals surface area contributed by atoms with Gasteiger partial charge in [0.05, 0.1) is 7.11 Å². The Hall–Kier alpha value is -2.44. The Balaban J connectivity index is 2.28. The number of benzene rings is 1. The van der Waals surface area contributed by atoms with Gasteiger partial charge in [0, 0.05) is 5.56 Å². The zero-order valence-electron chi connectivity index (χ0n) is 12.7. The summed E-state index contributed by atoms with van der Waals surface area (Å²) >= 11 is 0. The molecule has 7 heteroatoms. The second kappa shape index (κ2) is 6.55. The first kappa shape index (κ1) is 15.9. The van der Waals surface area contributed by atoms with Crippen molar-refractivity contribution >= 4 is 11.9 Å². The van der Waals surface area contributed by atoms with Crippen LogP contribution in [0.5, 0.6) is 17.2 Å². The summed E-state index contributed by atoms with van der Waals surface area (Å²) in [7, 11) is 1.46. The fourth-order valence-corrected chi connectivity index (χ4v) is 2.14. The quantitative estimate of drug-likeness (QED) is 0.851. The third-order valence-corrected chi connectivity index (χ3v) is 3.31. The molecule has 0 aromatic heterocycles. The molecule has 0 fully saturated rings. The minimum atomic E-state index is -1.08. The Morgan fingerprint density at radius 3 is 2.55 bits per heavy atom. The maximum atomic E-state index is 12.3. The lowest BCUT2D eigenvalue weighted by atomic mass is 10.0. The molecule has 0 spiro atoms. The van der Waals surface area contributed by atoms with Crippen molar-refractivity contribution in [1.82, 2.24) is 5.32 Å². The van der Waals surface area contributed by atoms with Crippen LogP contribution in [0.25, 0.3) is 0 Å². The lowest BCUT2D eigenvalue weighted by Crippen LogP contribution is -2.44. The first-order chi connectivity index (χ1) is 10.4. The van der Waals surface area contributed by atoms with Crippen molar-refractivity contribution in [2.24, 2.45) is 5.92 Å². The van der Waals surface area contributed by atoms with Crippen LogP contribution in [-0.4, -0.2) is 43.3 Å². The summed E-state index contributed by atoms with van der Waals surface area (Å²) in [6, 6.07) is 2.06. The molecule has 2 rings (SSSR count). The molecule has 1 aromatic carbocycles. The van der Waals surface area contributed by atoms with E-state index in [9.17, 15) is 9.59 Å². The van der Waals surface area contributed by atoms with Gasteiger partial charge in [0.2, 0.25) is 5.75 Å². The normalized spacial score (nSPS) is 14.4. The zero-order chi connectivity index (χ0) is 16.3. The molecule has 0 bridgehead atoms. The molecule has 0 saturated heterocycles. The number of amides is 1. The molecule has 2 N–H and O–H groups in total. The third-order valence-electron chi connectivity index (χ3n) is 3.31. The molecule has 0 radical (unpaired) electrons. The first-order valence-corrected chi connectivity index (χ1v) is 6.95. The summed E-state index contributed by atoms with van der Waals surface area (Å²) in [4.78, 5) is 23.5. The highest BCUT2D eigenvalue weighted by Gasteiger charge is 2.26. The van der Waals surface area contributed by atoms with Gasteiger partial charge in [-0.15, -0.1) is 0 Å². The van der Waals surface area contributed by atoms with Crippen molar-refractivity contribution in [3.63, 3.8) is 0 Å². The fraction of sp³-hybridized carbons (Fsp3) is 0.467. The highest BCUT2D eigenvalue weighted by Crippen LogP contribution is 2.40. The van der Waals surface area contributed by atoms with Gasteiger partial charge in [-0.2, -0.15) is 0 Å². The van der Waals surface area contributed by atoms with E-state index in [1.54, 1.807) is 13.8 Å².